The Morgan fingerprint density at radius 3 is 2.09 bits per heavy atom. The Hall–Kier alpha value is -1.78. The monoisotopic (exact) mass is 456 g/mol. The van der Waals surface area contributed by atoms with Crippen LogP contribution in [0, 0.1) is 0 Å². The van der Waals surface area contributed by atoms with E-state index < -0.39 is 5.60 Å². The Kier molecular flexibility index (Phi) is 9.24. The molecule has 0 aromatic rings. The third-order valence-electron chi connectivity index (χ3n) is 7.40. The van der Waals surface area contributed by atoms with Crippen LogP contribution in [0.1, 0.15) is 107 Å². The molecule has 1 aliphatic heterocycles. The van der Waals surface area contributed by atoms with Gasteiger partial charge >= 0.3 is 0 Å². The Bertz CT molecular complexity index is 893. The molecule has 4 nitrogen and oxygen atoms in total. The molecule has 0 bridgehead atoms. The van der Waals surface area contributed by atoms with Crippen LogP contribution in [-0.4, -0.2) is 34.0 Å². The van der Waals surface area contributed by atoms with Gasteiger partial charge in [-0.3, -0.25) is 9.59 Å². The average Bonchev–Trinajstić information content (AvgIpc) is 3.35. The van der Waals surface area contributed by atoms with Gasteiger partial charge < -0.3 is 9.84 Å². The molecular formula is C29H44O4. The first kappa shape index (κ1) is 27.5. The SMILES string of the molecule is CC1=C(C)C(=O)C(CCC(C)(O)CC/C=C(\C)CC/C=C(\C)CCC2OC2(C)C)=C(C)C1=O. The minimum absolute atomic E-state index is 0.0469. The Balaban J connectivity index is 1.74. The molecule has 0 aromatic carbocycles. The Morgan fingerprint density at radius 2 is 1.48 bits per heavy atom. The fraction of sp³-hybridized carbons (Fsp3) is 0.655. The fourth-order valence-electron chi connectivity index (χ4n) is 4.45. The summed E-state index contributed by atoms with van der Waals surface area (Å²) in [7, 11) is 0. The number of Topliss-reactive ketones (excluding diaryl/α,β-unsaturated/α-hetero) is 2. The zero-order valence-corrected chi connectivity index (χ0v) is 22.1. The van der Waals surface area contributed by atoms with Gasteiger partial charge in [0, 0.05) is 22.3 Å². The minimum atomic E-state index is -0.868. The number of rotatable bonds is 12. The number of hydrogen-bond donors (Lipinski definition) is 1. The van der Waals surface area contributed by atoms with Gasteiger partial charge in [-0.1, -0.05) is 23.3 Å². The van der Waals surface area contributed by atoms with Crippen LogP contribution in [0.15, 0.2) is 45.6 Å². The number of epoxide rings is 1. The highest BCUT2D eigenvalue weighted by molar-refractivity contribution is 6.24. The number of ketones is 2. The van der Waals surface area contributed by atoms with Crippen LogP contribution in [0.5, 0.6) is 0 Å². The molecule has 0 amide bonds. The molecule has 2 unspecified atom stereocenters. The summed E-state index contributed by atoms with van der Waals surface area (Å²) in [5.41, 5.74) is 4.15. The van der Waals surface area contributed by atoms with Gasteiger partial charge in [0.15, 0.2) is 11.6 Å². The highest BCUT2D eigenvalue weighted by atomic mass is 16.6. The van der Waals surface area contributed by atoms with Crippen molar-refractivity contribution in [3.05, 3.63) is 45.6 Å². The molecule has 1 N–H and O–H groups in total. The zero-order valence-electron chi connectivity index (χ0n) is 22.1. The molecule has 1 saturated heterocycles. The van der Waals surface area contributed by atoms with Crippen molar-refractivity contribution in [2.75, 3.05) is 0 Å². The molecule has 184 valence electrons. The lowest BCUT2D eigenvalue weighted by Crippen LogP contribution is -2.26. The van der Waals surface area contributed by atoms with Crippen molar-refractivity contribution < 1.29 is 19.4 Å². The van der Waals surface area contributed by atoms with E-state index in [1.54, 1.807) is 20.8 Å². The van der Waals surface area contributed by atoms with Gasteiger partial charge in [-0.2, -0.15) is 0 Å². The topological polar surface area (TPSA) is 66.9 Å². The number of carbonyl (C=O) groups is 2. The summed E-state index contributed by atoms with van der Waals surface area (Å²) in [6.07, 6.45) is 11.6. The molecule has 1 heterocycles. The van der Waals surface area contributed by atoms with Gasteiger partial charge in [-0.25, -0.2) is 0 Å². The van der Waals surface area contributed by atoms with Crippen LogP contribution >= 0.6 is 0 Å². The van der Waals surface area contributed by atoms with Crippen molar-refractivity contribution in [1.29, 1.82) is 0 Å². The highest BCUT2D eigenvalue weighted by Gasteiger charge is 2.46. The van der Waals surface area contributed by atoms with E-state index in [0.717, 1.165) is 32.1 Å². The summed E-state index contributed by atoms with van der Waals surface area (Å²) in [6, 6.07) is 0. The van der Waals surface area contributed by atoms with E-state index in [2.05, 4.69) is 39.8 Å². The number of hydrogen-bond acceptors (Lipinski definition) is 4. The molecule has 0 spiro atoms. The van der Waals surface area contributed by atoms with Gasteiger partial charge in [-0.05, 0) is 107 Å². The minimum Gasteiger partial charge on any atom is -0.390 e. The summed E-state index contributed by atoms with van der Waals surface area (Å²) in [4.78, 5) is 24.9. The summed E-state index contributed by atoms with van der Waals surface area (Å²) >= 11 is 0. The number of ether oxygens (including phenoxy) is 1. The summed E-state index contributed by atoms with van der Waals surface area (Å²) in [5.74, 6) is -0.0952. The maximum Gasteiger partial charge on any atom is 0.185 e. The van der Waals surface area contributed by atoms with Crippen LogP contribution in [-0.2, 0) is 14.3 Å². The van der Waals surface area contributed by atoms with Gasteiger partial charge in [-0.15, -0.1) is 0 Å². The fourth-order valence-corrected chi connectivity index (χ4v) is 4.45. The Labute approximate surface area is 200 Å². The molecule has 33 heavy (non-hydrogen) atoms. The van der Waals surface area contributed by atoms with E-state index in [-0.39, 0.29) is 17.2 Å². The molecule has 2 rings (SSSR count). The standard InChI is InChI=1S/C29H44O4/c1-19(11-9-12-20(2)14-15-25-28(6,7)33-25)13-10-17-29(8,32)18-16-24-23(5)26(30)21(3)22(4)27(24)31/h12-13,25,32H,9-11,14-18H2,1-8H3/b19-13+,20-12+. The van der Waals surface area contributed by atoms with Gasteiger partial charge in [0.1, 0.15) is 0 Å². The van der Waals surface area contributed by atoms with Gasteiger partial charge in [0.2, 0.25) is 0 Å². The summed E-state index contributed by atoms with van der Waals surface area (Å²) in [5, 5.41) is 10.8. The van der Waals surface area contributed by atoms with Crippen molar-refractivity contribution in [3.8, 4) is 0 Å². The number of allylic oxidation sites excluding steroid dienone is 8. The second-order valence-electron chi connectivity index (χ2n) is 10.9. The van der Waals surface area contributed by atoms with Gasteiger partial charge in [0.25, 0.3) is 0 Å². The predicted molar refractivity (Wildman–Crippen MR) is 135 cm³/mol. The van der Waals surface area contributed by atoms with E-state index in [1.165, 1.54) is 11.1 Å². The zero-order chi connectivity index (χ0) is 25.0. The number of aliphatic hydroxyl groups is 1. The molecule has 0 saturated carbocycles. The normalized spacial score (nSPS) is 23.4. The summed E-state index contributed by atoms with van der Waals surface area (Å²) < 4.78 is 5.65. The Morgan fingerprint density at radius 1 is 0.939 bits per heavy atom. The van der Waals surface area contributed by atoms with E-state index in [4.69, 9.17) is 4.74 Å². The van der Waals surface area contributed by atoms with Crippen LogP contribution in [0.2, 0.25) is 0 Å². The lowest BCUT2D eigenvalue weighted by Gasteiger charge is -2.25. The lowest BCUT2D eigenvalue weighted by atomic mass is 9.82. The maximum absolute atomic E-state index is 12.6. The quantitative estimate of drug-likeness (QED) is 0.201. The molecule has 4 heteroatoms. The van der Waals surface area contributed by atoms with Gasteiger partial charge in [0.05, 0.1) is 17.3 Å². The molecule has 2 atom stereocenters. The molecule has 1 aliphatic carbocycles. The molecule has 0 aromatic heterocycles. The second kappa shape index (κ2) is 11.1. The average molecular weight is 457 g/mol. The highest BCUT2D eigenvalue weighted by Crippen LogP contribution is 2.39. The molecule has 0 radical (unpaired) electrons. The molecule has 2 aliphatic rings. The van der Waals surface area contributed by atoms with Crippen LogP contribution < -0.4 is 0 Å². The van der Waals surface area contributed by atoms with E-state index >= 15 is 0 Å². The smallest absolute Gasteiger partial charge is 0.185 e. The largest absolute Gasteiger partial charge is 0.390 e. The third kappa shape index (κ3) is 7.89. The predicted octanol–water partition coefficient (Wildman–Crippen LogP) is 6.73. The van der Waals surface area contributed by atoms with Crippen LogP contribution in [0.4, 0.5) is 0 Å². The van der Waals surface area contributed by atoms with E-state index in [0.29, 0.717) is 47.7 Å². The molecule has 1 fully saturated rings. The number of carbonyl (C=O) groups excluding carboxylic acids is 2. The first-order valence-corrected chi connectivity index (χ1v) is 12.4. The van der Waals surface area contributed by atoms with E-state index in [9.17, 15) is 14.7 Å². The maximum atomic E-state index is 12.6. The van der Waals surface area contributed by atoms with Crippen molar-refractivity contribution in [2.45, 2.75) is 124 Å². The van der Waals surface area contributed by atoms with Crippen molar-refractivity contribution in [2.24, 2.45) is 0 Å². The van der Waals surface area contributed by atoms with E-state index in [1.807, 2.05) is 6.92 Å². The van der Waals surface area contributed by atoms with Crippen molar-refractivity contribution >= 4 is 11.6 Å². The first-order valence-electron chi connectivity index (χ1n) is 12.4. The lowest BCUT2D eigenvalue weighted by molar-refractivity contribution is -0.116. The van der Waals surface area contributed by atoms with Crippen LogP contribution in [0.25, 0.3) is 0 Å². The second-order valence-corrected chi connectivity index (χ2v) is 10.9. The van der Waals surface area contributed by atoms with Crippen molar-refractivity contribution in [3.63, 3.8) is 0 Å². The van der Waals surface area contributed by atoms with Crippen molar-refractivity contribution in [1.82, 2.24) is 0 Å². The summed E-state index contributed by atoms with van der Waals surface area (Å²) in [6.45, 7) is 15.6. The third-order valence-corrected chi connectivity index (χ3v) is 7.40. The molecular weight excluding hydrogens is 412 g/mol. The van der Waals surface area contributed by atoms with Crippen LogP contribution in [0.3, 0.4) is 0 Å². The first-order chi connectivity index (χ1) is 15.2.